The molecular formula is C22H27ClFN5O3S. The van der Waals surface area contributed by atoms with Crippen LogP contribution in [-0.4, -0.2) is 40.2 Å². The van der Waals surface area contributed by atoms with Crippen molar-refractivity contribution < 1.29 is 18.8 Å². The van der Waals surface area contributed by atoms with Gasteiger partial charge in [-0.2, -0.15) is 4.37 Å². The van der Waals surface area contributed by atoms with Gasteiger partial charge in [-0.3, -0.25) is 19.3 Å². The van der Waals surface area contributed by atoms with Gasteiger partial charge < -0.3 is 16.4 Å². The van der Waals surface area contributed by atoms with E-state index in [-0.39, 0.29) is 39.6 Å². The molecule has 3 rings (SSSR count). The number of anilines is 2. The minimum atomic E-state index is -0.657. The summed E-state index contributed by atoms with van der Waals surface area (Å²) in [6.07, 6.45) is 3.88. The molecule has 0 unspecified atom stereocenters. The van der Waals surface area contributed by atoms with Crippen molar-refractivity contribution in [3.63, 3.8) is 0 Å². The van der Waals surface area contributed by atoms with Gasteiger partial charge in [0.05, 0.1) is 10.7 Å². The number of carbonyl (C=O) groups is 3. The summed E-state index contributed by atoms with van der Waals surface area (Å²) < 4.78 is 17.8. The Labute approximate surface area is 200 Å². The molecule has 1 heterocycles. The van der Waals surface area contributed by atoms with Gasteiger partial charge in [0.2, 0.25) is 5.91 Å². The minimum Gasteiger partial charge on any atom is -0.395 e. The summed E-state index contributed by atoms with van der Waals surface area (Å²) in [5.41, 5.74) is 5.73. The minimum absolute atomic E-state index is 0.00979. The van der Waals surface area contributed by atoms with E-state index in [1.807, 2.05) is 20.8 Å². The average Bonchev–Trinajstić information content (AvgIpc) is 3.36. The molecule has 8 nitrogen and oxygen atoms in total. The summed E-state index contributed by atoms with van der Waals surface area (Å²) in [6.45, 7) is 5.06. The number of nitrogens with two attached hydrogens (primary N) is 1. The first-order valence-electron chi connectivity index (χ1n) is 10.6. The van der Waals surface area contributed by atoms with E-state index in [9.17, 15) is 18.8 Å². The number of hydrogen-bond donors (Lipinski definition) is 3. The molecule has 178 valence electrons. The Kier molecular flexibility index (Phi) is 7.58. The van der Waals surface area contributed by atoms with Gasteiger partial charge in [0.1, 0.15) is 17.2 Å². The molecule has 1 aromatic carbocycles. The van der Waals surface area contributed by atoms with E-state index in [1.165, 1.54) is 12.1 Å². The van der Waals surface area contributed by atoms with Crippen LogP contribution in [0.3, 0.4) is 0 Å². The maximum Gasteiger partial charge on any atom is 0.273 e. The molecule has 1 fully saturated rings. The quantitative estimate of drug-likeness (QED) is 0.564. The molecule has 33 heavy (non-hydrogen) atoms. The van der Waals surface area contributed by atoms with E-state index >= 15 is 0 Å². The zero-order chi connectivity index (χ0) is 24.3. The summed E-state index contributed by atoms with van der Waals surface area (Å²) in [4.78, 5) is 39.8. The van der Waals surface area contributed by atoms with Crippen molar-refractivity contribution in [2.24, 2.45) is 0 Å². The van der Waals surface area contributed by atoms with Crippen molar-refractivity contribution in [1.82, 2.24) is 15.0 Å². The van der Waals surface area contributed by atoms with Gasteiger partial charge >= 0.3 is 0 Å². The van der Waals surface area contributed by atoms with Crippen LogP contribution < -0.4 is 21.3 Å². The molecule has 0 saturated heterocycles. The van der Waals surface area contributed by atoms with E-state index in [2.05, 4.69) is 15.0 Å². The summed E-state index contributed by atoms with van der Waals surface area (Å²) >= 11 is 6.68. The molecule has 0 spiro atoms. The molecule has 4 N–H and O–H groups in total. The Morgan fingerprint density at radius 3 is 2.55 bits per heavy atom. The molecule has 1 aromatic heterocycles. The number of hydrogen-bond acceptors (Lipinski definition) is 6. The van der Waals surface area contributed by atoms with Gasteiger partial charge in [-0.15, -0.1) is 0 Å². The van der Waals surface area contributed by atoms with E-state index in [0.717, 1.165) is 48.2 Å². The number of rotatable bonds is 6. The highest BCUT2D eigenvalue weighted by Gasteiger charge is 2.30. The fourth-order valence-electron chi connectivity index (χ4n) is 3.60. The maximum absolute atomic E-state index is 13.7. The summed E-state index contributed by atoms with van der Waals surface area (Å²) in [7, 11) is 0. The van der Waals surface area contributed by atoms with Gasteiger partial charge in [0.15, 0.2) is 5.69 Å². The van der Waals surface area contributed by atoms with Crippen molar-refractivity contribution in [3.8, 4) is 0 Å². The Balaban J connectivity index is 1.89. The molecule has 2 aromatic rings. The van der Waals surface area contributed by atoms with Crippen molar-refractivity contribution in [1.29, 1.82) is 0 Å². The lowest BCUT2D eigenvalue weighted by Gasteiger charge is -2.26. The number of nitrogens with one attached hydrogen (secondary N) is 2. The molecule has 11 heteroatoms. The zero-order valence-electron chi connectivity index (χ0n) is 18.7. The third-order valence-electron chi connectivity index (χ3n) is 5.10. The van der Waals surface area contributed by atoms with Gasteiger partial charge in [0, 0.05) is 17.3 Å². The van der Waals surface area contributed by atoms with Crippen molar-refractivity contribution in [2.75, 3.05) is 17.2 Å². The molecule has 1 saturated carbocycles. The first-order chi connectivity index (χ1) is 15.5. The van der Waals surface area contributed by atoms with Crippen LogP contribution in [0.4, 0.5) is 15.8 Å². The van der Waals surface area contributed by atoms with Crippen LogP contribution in [0.25, 0.3) is 0 Å². The van der Waals surface area contributed by atoms with Crippen molar-refractivity contribution in [3.05, 3.63) is 39.6 Å². The van der Waals surface area contributed by atoms with Crippen LogP contribution >= 0.6 is 23.1 Å². The number of amides is 3. The van der Waals surface area contributed by atoms with Gasteiger partial charge in [-0.25, -0.2) is 4.39 Å². The average molecular weight is 496 g/mol. The molecule has 0 aliphatic heterocycles. The van der Waals surface area contributed by atoms with Crippen LogP contribution in [0.2, 0.25) is 5.02 Å². The standard InChI is InChI=1S/C22H27ClFN5O3S/c1-22(2,3)27-16(30)11-29(13-8-9-15(24)14(23)10-13)21(32)19-17(25)18(28-33-19)20(31)26-12-6-4-5-7-12/h8-10,12H,4-7,11,25H2,1-3H3,(H,26,31)(H,27,30). The molecule has 0 radical (unpaired) electrons. The lowest BCUT2D eigenvalue weighted by Crippen LogP contribution is -2.47. The highest BCUT2D eigenvalue weighted by Crippen LogP contribution is 2.29. The second-order valence-corrected chi connectivity index (χ2v) is 10.2. The number of nitrogens with zero attached hydrogens (tertiary/aromatic N) is 2. The molecule has 3 amide bonds. The molecular weight excluding hydrogens is 469 g/mol. The largest absolute Gasteiger partial charge is 0.395 e. The van der Waals surface area contributed by atoms with Crippen molar-refractivity contribution in [2.45, 2.75) is 58.0 Å². The number of aromatic nitrogens is 1. The van der Waals surface area contributed by atoms with E-state index in [0.29, 0.717) is 0 Å². The van der Waals surface area contributed by atoms with Gasteiger partial charge in [0.25, 0.3) is 11.8 Å². The Morgan fingerprint density at radius 1 is 1.27 bits per heavy atom. The predicted octanol–water partition coefficient (Wildman–Crippen LogP) is 3.75. The monoisotopic (exact) mass is 495 g/mol. The molecule has 1 aliphatic rings. The summed E-state index contributed by atoms with van der Waals surface area (Å²) in [5, 5.41) is 5.48. The summed E-state index contributed by atoms with van der Waals surface area (Å²) in [5.74, 6) is -2.16. The highest BCUT2D eigenvalue weighted by molar-refractivity contribution is 7.09. The number of benzene rings is 1. The Morgan fingerprint density at radius 2 is 1.94 bits per heavy atom. The SMILES string of the molecule is CC(C)(C)NC(=O)CN(C(=O)c1snc(C(=O)NC2CCCC2)c1N)c1ccc(F)c(Cl)c1. The molecule has 0 bridgehead atoms. The molecule has 0 atom stereocenters. The number of nitrogen functional groups attached to an aromatic ring is 1. The first-order valence-corrected chi connectivity index (χ1v) is 11.8. The fourth-order valence-corrected chi connectivity index (χ4v) is 4.52. The van der Waals surface area contributed by atoms with Crippen LogP contribution in [0, 0.1) is 5.82 Å². The lowest BCUT2D eigenvalue weighted by molar-refractivity contribution is -0.121. The normalized spacial score (nSPS) is 14.2. The van der Waals surface area contributed by atoms with E-state index < -0.39 is 29.1 Å². The van der Waals surface area contributed by atoms with Crippen molar-refractivity contribution >= 4 is 52.2 Å². The fraction of sp³-hybridized carbons (Fsp3) is 0.455. The highest BCUT2D eigenvalue weighted by atomic mass is 35.5. The summed E-state index contributed by atoms with van der Waals surface area (Å²) in [6, 6.07) is 3.77. The lowest BCUT2D eigenvalue weighted by atomic mass is 10.1. The molecule has 1 aliphatic carbocycles. The first kappa shape index (κ1) is 24.9. The van der Waals surface area contributed by atoms with Gasteiger partial charge in [-0.05, 0) is 63.3 Å². The topological polar surface area (TPSA) is 117 Å². The zero-order valence-corrected chi connectivity index (χ0v) is 20.3. The maximum atomic E-state index is 13.7. The smallest absolute Gasteiger partial charge is 0.273 e. The third kappa shape index (κ3) is 6.20. The van der Waals surface area contributed by atoms with E-state index in [4.69, 9.17) is 17.3 Å². The predicted molar refractivity (Wildman–Crippen MR) is 127 cm³/mol. The number of halogens is 2. The second kappa shape index (κ2) is 10.0. The Bertz CT molecular complexity index is 1060. The van der Waals surface area contributed by atoms with Crippen LogP contribution in [0.5, 0.6) is 0 Å². The van der Waals surface area contributed by atoms with Gasteiger partial charge in [-0.1, -0.05) is 24.4 Å². The van der Waals surface area contributed by atoms with Crippen LogP contribution in [0.15, 0.2) is 18.2 Å². The second-order valence-electron chi connectivity index (χ2n) is 9.02. The van der Waals surface area contributed by atoms with Crippen LogP contribution in [-0.2, 0) is 4.79 Å². The van der Waals surface area contributed by atoms with Crippen LogP contribution in [0.1, 0.15) is 66.6 Å². The number of carbonyl (C=O) groups excluding carboxylic acids is 3. The van der Waals surface area contributed by atoms with E-state index in [1.54, 1.807) is 0 Å². The Hall–Kier alpha value is -2.72. The third-order valence-corrected chi connectivity index (χ3v) is 6.24.